The fourth-order valence-electron chi connectivity index (χ4n) is 1.55. The molecule has 4 heteroatoms. The average Bonchev–Trinajstić information content (AvgIpc) is 2.75. The van der Waals surface area contributed by atoms with Crippen molar-refractivity contribution in [3.63, 3.8) is 0 Å². The molecule has 0 spiro atoms. The number of hydrogen-bond donors (Lipinski definition) is 0. The van der Waals surface area contributed by atoms with E-state index in [0.29, 0.717) is 6.54 Å². The topological polar surface area (TPSA) is 42.7 Å². The SMILES string of the molecule is C=C(C)CN(CC)Cc1ccc(C(=O)OC)o1. The summed E-state index contributed by atoms with van der Waals surface area (Å²) in [5, 5.41) is 0. The molecule has 0 unspecified atom stereocenters. The minimum Gasteiger partial charge on any atom is -0.463 e. The number of esters is 1. The van der Waals surface area contributed by atoms with Gasteiger partial charge in [-0.3, -0.25) is 4.90 Å². The average molecular weight is 237 g/mol. The van der Waals surface area contributed by atoms with Gasteiger partial charge in [0.1, 0.15) is 5.76 Å². The molecule has 0 bridgehead atoms. The summed E-state index contributed by atoms with van der Waals surface area (Å²) in [7, 11) is 1.34. The lowest BCUT2D eigenvalue weighted by atomic mass is 10.3. The molecule has 0 saturated carbocycles. The standard InChI is InChI=1S/C13H19NO3/c1-5-14(8-10(2)3)9-11-6-7-12(17-11)13(15)16-4/h6-7H,2,5,8-9H2,1,3-4H3. The summed E-state index contributed by atoms with van der Waals surface area (Å²) in [6.07, 6.45) is 0. The molecular formula is C13H19NO3. The highest BCUT2D eigenvalue weighted by Gasteiger charge is 2.12. The van der Waals surface area contributed by atoms with E-state index in [1.807, 2.05) is 6.92 Å². The molecule has 0 fully saturated rings. The van der Waals surface area contributed by atoms with Gasteiger partial charge >= 0.3 is 5.97 Å². The number of methoxy groups -OCH3 is 1. The van der Waals surface area contributed by atoms with Crippen molar-refractivity contribution in [3.8, 4) is 0 Å². The highest BCUT2D eigenvalue weighted by Crippen LogP contribution is 2.12. The molecule has 0 radical (unpaired) electrons. The molecule has 1 rings (SSSR count). The minimum absolute atomic E-state index is 0.244. The van der Waals surface area contributed by atoms with Crippen LogP contribution < -0.4 is 0 Å². The third-order valence-electron chi connectivity index (χ3n) is 2.37. The van der Waals surface area contributed by atoms with Crippen molar-refractivity contribution in [1.82, 2.24) is 4.90 Å². The first-order valence-electron chi connectivity index (χ1n) is 5.60. The van der Waals surface area contributed by atoms with Crippen molar-refractivity contribution in [2.75, 3.05) is 20.2 Å². The fourth-order valence-corrected chi connectivity index (χ4v) is 1.55. The van der Waals surface area contributed by atoms with Gasteiger partial charge in [-0.05, 0) is 25.6 Å². The molecule has 0 atom stereocenters. The number of rotatable bonds is 6. The molecule has 1 aromatic heterocycles. The molecule has 1 aromatic rings. The molecule has 17 heavy (non-hydrogen) atoms. The molecule has 0 saturated heterocycles. The highest BCUT2D eigenvalue weighted by molar-refractivity contribution is 5.86. The quantitative estimate of drug-likeness (QED) is 0.563. The zero-order valence-corrected chi connectivity index (χ0v) is 10.7. The van der Waals surface area contributed by atoms with Gasteiger partial charge in [-0.1, -0.05) is 19.1 Å². The molecule has 0 aliphatic heterocycles. The first kappa shape index (κ1) is 13.5. The number of likely N-dealkylation sites (N-methyl/N-ethyl adjacent to an activating group) is 1. The number of nitrogens with zero attached hydrogens (tertiary/aromatic N) is 1. The number of ether oxygens (including phenoxy) is 1. The third kappa shape index (κ3) is 4.07. The lowest BCUT2D eigenvalue weighted by Gasteiger charge is -2.18. The third-order valence-corrected chi connectivity index (χ3v) is 2.37. The molecule has 4 nitrogen and oxygen atoms in total. The van der Waals surface area contributed by atoms with E-state index < -0.39 is 5.97 Å². The van der Waals surface area contributed by atoms with Gasteiger partial charge in [0.15, 0.2) is 0 Å². The van der Waals surface area contributed by atoms with Gasteiger partial charge < -0.3 is 9.15 Å². The van der Waals surface area contributed by atoms with Crippen LogP contribution in [0.25, 0.3) is 0 Å². The van der Waals surface area contributed by atoms with Gasteiger partial charge in [-0.2, -0.15) is 0 Å². The van der Waals surface area contributed by atoms with Crippen LogP contribution in [0.3, 0.4) is 0 Å². The molecule has 94 valence electrons. The first-order valence-corrected chi connectivity index (χ1v) is 5.60. The second-order valence-corrected chi connectivity index (χ2v) is 4.02. The Bertz CT molecular complexity index is 395. The second kappa shape index (κ2) is 6.25. The monoisotopic (exact) mass is 237 g/mol. The minimum atomic E-state index is -0.445. The van der Waals surface area contributed by atoms with Crippen LogP contribution in [0.1, 0.15) is 30.2 Å². The predicted octanol–water partition coefficient (Wildman–Crippen LogP) is 2.46. The van der Waals surface area contributed by atoms with Crippen molar-refractivity contribution < 1.29 is 13.9 Å². The Kier molecular flexibility index (Phi) is 4.97. The van der Waals surface area contributed by atoms with Crippen LogP contribution >= 0.6 is 0 Å². The number of hydrogen-bond acceptors (Lipinski definition) is 4. The van der Waals surface area contributed by atoms with Gasteiger partial charge in [0.25, 0.3) is 0 Å². The lowest BCUT2D eigenvalue weighted by molar-refractivity contribution is 0.0561. The van der Waals surface area contributed by atoms with Gasteiger partial charge in [-0.25, -0.2) is 4.79 Å². The van der Waals surface area contributed by atoms with E-state index >= 15 is 0 Å². The van der Waals surface area contributed by atoms with Crippen LogP contribution in [0.15, 0.2) is 28.7 Å². The van der Waals surface area contributed by atoms with E-state index in [0.717, 1.165) is 24.4 Å². The van der Waals surface area contributed by atoms with Crippen molar-refractivity contribution in [1.29, 1.82) is 0 Å². The van der Waals surface area contributed by atoms with Crippen molar-refractivity contribution in [2.24, 2.45) is 0 Å². The van der Waals surface area contributed by atoms with Gasteiger partial charge in [0, 0.05) is 6.54 Å². The van der Waals surface area contributed by atoms with Crippen molar-refractivity contribution >= 4 is 5.97 Å². The summed E-state index contributed by atoms with van der Waals surface area (Å²) < 4.78 is 9.99. The van der Waals surface area contributed by atoms with Crippen LogP contribution in [0.2, 0.25) is 0 Å². The molecule has 0 aromatic carbocycles. The van der Waals surface area contributed by atoms with Gasteiger partial charge in [0.05, 0.1) is 13.7 Å². The van der Waals surface area contributed by atoms with Crippen LogP contribution in [0, 0.1) is 0 Å². The smallest absolute Gasteiger partial charge is 0.373 e. The number of furan rings is 1. The maximum atomic E-state index is 11.2. The molecule has 0 aliphatic carbocycles. The summed E-state index contributed by atoms with van der Waals surface area (Å²) >= 11 is 0. The van der Waals surface area contributed by atoms with E-state index in [1.54, 1.807) is 12.1 Å². The summed E-state index contributed by atoms with van der Waals surface area (Å²) in [6.45, 7) is 10.3. The fraction of sp³-hybridized carbons (Fsp3) is 0.462. The number of carbonyl (C=O) groups excluding carboxylic acids is 1. The largest absolute Gasteiger partial charge is 0.463 e. The van der Waals surface area contributed by atoms with Crippen LogP contribution in [0.5, 0.6) is 0 Å². The Balaban J connectivity index is 2.64. The van der Waals surface area contributed by atoms with E-state index in [1.165, 1.54) is 7.11 Å². The van der Waals surface area contributed by atoms with Crippen molar-refractivity contribution in [3.05, 3.63) is 35.8 Å². The lowest BCUT2D eigenvalue weighted by Crippen LogP contribution is -2.24. The molecule has 1 heterocycles. The van der Waals surface area contributed by atoms with E-state index in [-0.39, 0.29) is 5.76 Å². The van der Waals surface area contributed by atoms with Crippen molar-refractivity contribution in [2.45, 2.75) is 20.4 Å². The summed E-state index contributed by atoms with van der Waals surface area (Å²) in [4.78, 5) is 13.4. The second-order valence-electron chi connectivity index (χ2n) is 4.02. The van der Waals surface area contributed by atoms with E-state index in [9.17, 15) is 4.79 Å². The summed E-state index contributed by atoms with van der Waals surface area (Å²) in [5.41, 5.74) is 1.10. The number of carbonyl (C=O) groups is 1. The van der Waals surface area contributed by atoms with Crippen LogP contribution in [-0.2, 0) is 11.3 Å². The molecule has 0 amide bonds. The summed E-state index contributed by atoms with van der Waals surface area (Å²) in [6, 6.07) is 3.43. The molecule has 0 N–H and O–H groups in total. The maximum absolute atomic E-state index is 11.2. The first-order chi connectivity index (χ1) is 8.06. The maximum Gasteiger partial charge on any atom is 0.373 e. The normalized spacial score (nSPS) is 10.6. The van der Waals surface area contributed by atoms with E-state index in [4.69, 9.17) is 4.42 Å². The van der Waals surface area contributed by atoms with Crippen LogP contribution in [-0.4, -0.2) is 31.1 Å². The highest BCUT2D eigenvalue weighted by atomic mass is 16.5. The Labute approximate surface area is 102 Å². The van der Waals surface area contributed by atoms with Gasteiger partial charge in [-0.15, -0.1) is 0 Å². The summed E-state index contributed by atoms with van der Waals surface area (Å²) in [5.74, 6) is 0.557. The van der Waals surface area contributed by atoms with Gasteiger partial charge in [0.2, 0.25) is 5.76 Å². The van der Waals surface area contributed by atoms with Crippen LogP contribution in [0.4, 0.5) is 0 Å². The Morgan fingerprint density at radius 2 is 2.24 bits per heavy atom. The Morgan fingerprint density at radius 3 is 2.76 bits per heavy atom. The predicted molar refractivity (Wildman–Crippen MR) is 65.8 cm³/mol. The molecule has 0 aliphatic rings. The van der Waals surface area contributed by atoms with E-state index in [2.05, 4.69) is 23.1 Å². The molecular weight excluding hydrogens is 218 g/mol. The Hall–Kier alpha value is -1.55. The zero-order chi connectivity index (χ0) is 12.8. The Morgan fingerprint density at radius 1 is 1.53 bits per heavy atom. The zero-order valence-electron chi connectivity index (χ0n) is 10.7.